The molecule has 9 N–H and O–H groups in total. The molecule has 1 aliphatic heterocycles. The van der Waals surface area contributed by atoms with Gasteiger partial charge in [-0.15, -0.1) is 0 Å². The van der Waals surface area contributed by atoms with Gasteiger partial charge in [0.1, 0.15) is 18.1 Å². The third-order valence-electron chi connectivity index (χ3n) is 5.20. The van der Waals surface area contributed by atoms with Crippen LogP contribution in [0.2, 0.25) is 0 Å². The van der Waals surface area contributed by atoms with Crippen LogP contribution in [0.3, 0.4) is 0 Å². The number of amides is 3. The molecule has 0 aromatic rings. The first-order valence-corrected chi connectivity index (χ1v) is 10.5. The van der Waals surface area contributed by atoms with Gasteiger partial charge >= 0.3 is 11.9 Å². The van der Waals surface area contributed by atoms with Crippen molar-refractivity contribution in [2.45, 2.75) is 69.1 Å². The van der Waals surface area contributed by atoms with Gasteiger partial charge in [0.05, 0.1) is 12.6 Å². The van der Waals surface area contributed by atoms with Crippen LogP contribution in [0.25, 0.3) is 0 Å². The molecule has 1 saturated heterocycles. The average Bonchev–Trinajstić information content (AvgIpc) is 3.24. The predicted molar refractivity (Wildman–Crippen MR) is 111 cm³/mol. The van der Waals surface area contributed by atoms with Crippen molar-refractivity contribution in [3.05, 3.63) is 0 Å². The Balaban J connectivity index is 2.84. The van der Waals surface area contributed by atoms with E-state index in [2.05, 4.69) is 10.6 Å². The van der Waals surface area contributed by atoms with Crippen molar-refractivity contribution in [1.29, 1.82) is 0 Å². The number of aliphatic hydroxyl groups excluding tert-OH is 1. The Labute approximate surface area is 185 Å². The third-order valence-corrected chi connectivity index (χ3v) is 5.20. The average molecular weight is 460 g/mol. The van der Waals surface area contributed by atoms with Gasteiger partial charge in [-0.3, -0.25) is 19.2 Å². The number of carbonyl (C=O) groups is 5. The number of unbranched alkanes of at least 4 members (excludes halogenated alkanes) is 1. The number of hydrogen-bond donors (Lipinski definition) is 7. The minimum atomic E-state index is -1.42. The van der Waals surface area contributed by atoms with E-state index in [-0.39, 0.29) is 25.8 Å². The summed E-state index contributed by atoms with van der Waals surface area (Å²) in [5, 5.41) is 32.3. The lowest BCUT2D eigenvalue weighted by Gasteiger charge is -2.28. The first-order valence-electron chi connectivity index (χ1n) is 10.5. The van der Waals surface area contributed by atoms with E-state index in [4.69, 9.17) is 16.6 Å². The van der Waals surface area contributed by atoms with Crippen LogP contribution in [0.1, 0.15) is 44.9 Å². The lowest BCUT2D eigenvalue weighted by Crippen LogP contribution is -2.58. The molecular formula is C19H33N5O8. The highest BCUT2D eigenvalue weighted by Crippen LogP contribution is 2.20. The molecule has 0 spiro atoms. The second-order valence-electron chi connectivity index (χ2n) is 7.66. The van der Waals surface area contributed by atoms with Crippen molar-refractivity contribution in [1.82, 2.24) is 15.5 Å². The summed E-state index contributed by atoms with van der Waals surface area (Å²) in [5.74, 6) is -4.48. The molecule has 4 unspecified atom stereocenters. The largest absolute Gasteiger partial charge is 0.481 e. The molecule has 32 heavy (non-hydrogen) atoms. The van der Waals surface area contributed by atoms with E-state index >= 15 is 0 Å². The van der Waals surface area contributed by atoms with Gasteiger partial charge in [0.15, 0.2) is 0 Å². The number of rotatable bonds is 14. The number of hydrogen-bond acceptors (Lipinski definition) is 8. The van der Waals surface area contributed by atoms with E-state index in [1.807, 2.05) is 0 Å². The van der Waals surface area contributed by atoms with Crippen molar-refractivity contribution >= 4 is 29.7 Å². The highest BCUT2D eigenvalue weighted by Gasteiger charge is 2.38. The summed E-state index contributed by atoms with van der Waals surface area (Å²) in [6, 6.07) is -4.65. The highest BCUT2D eigenvalue weighted by atomic mass is 16.4. The van der Waals surface area contributed by atoms with Crippen LogP contribution < -0.4 is 22.1 Å². The number of nitrogens with one attached hydrogen (secondary N) is 2. The van der Waals surface area contributed by atoms with Crippen LogP contribution in [0.15, 0.2) is 0 Å². The summed E-state index contributed by atoms with van der Waals surface area (Å²) in [7, 11) is 0. The van der Waals surface area contributed by atoms with Crippen molar-refractivity contribution < 1.29 is 39.3 Å². The van der Waals surface area contributed by atoms with Crippen LogP contribution in [-0.2, 0) is 24.0 Å². The molecule has 1 heterocycles. The van der Waals surface area contributed by atoms with Gasteiger partial charge in [0.25, 0.3) is 0 Å². The quantitative estimate of drug-likeness (QED) is 0.133. The first-order chi connectivity index (χ1) is 15.1. The number of nitrogens with zero attached hydrogens (tertiary/aromatic N) is 1. The normalized spacial score (nSPS) is 18.5. The standard InChI is InChI=1S/C19H33N5O8/c20-8-2-1-4-12(18(30)24-9-3-5-14(24)19(31)32)22-17(29)13(10-25)23-16(28)11(21)6-7-15(26)27/h11-14,25H,1-10,20-21H2,(H,22,29)(H,23,28)(H,26,27)(H,31,32). The number of likely N-dealkylation sites (tertiary alicyclic amines) is 1. The second-order valence-corrected chi connectivity index (χ2v) is 7.66. The van der Waals surface area contributed by atoms with Gasteiger partial charge in [-0.25, -0.2) is 4.79 Å². The van der Waals surface area contributed by atoms with Gasteiger partial charge in [0.2, 0.25) is 17.7 Å². The molecule has 3 amide bonds. The van der Waals surface area contributed by atoms with Crippen molar-refractivity contribution in [3.63, 3.8) is 0 Å². The summed E-state index contributed by atoms with van der Waals surface area (Å²) in [6.45, 7) is -0.161. The number of carboxylic acid groups (broad SMARTS) is 2. The fourth-order valence-electron chi connectivity index (χ4n) is 3.39. The Morgan fingerprint density at radius 3 is 2.22 bits per heavy atom. The molecule has 0 aromatic carbocycles. The van der Waals surface area contributed by atoms with Gasteiger partial charge in [-0.1, -0.05) is 0 Å². The maximum absolute atomic E-state index is 13.0. The zero-order valence-corrected chi connectivity index (χ0v) is 17.9. The Morgan fingerprint density at radius 2 is 1.66 bits per heavy atom. The lowest BCUT2D eigenvalue weighted by atomic mass is 10.1. The minimum absolute atomic E-state index is 0.160. The molecule has 0 bridgehead atoms. The molecule has 4 atom stereocenters. The van der Waals surface area contributed by atoms with E-state index in [0.29, 0.717) is 32.2 Å². The summed E-state index contributed by atoms with van der Waals surface area (Å²) in [5.41, 5.74) is 11.1. The number of carboxylic acids is 2. The van der Waals surface area contributed by atoms with Crippen LogP contribution in [-0.4, -0.2) is 93.7 Å². The number of nitrogens with two attached hydrogens (primary N) is 2. The molecule has 1 aliphatic rings. The van der Waals surface area contributed by atoms with Gasteiger partial charge < -0.3 is 42.3 Å². The Hall–Kier alpha value is -2.77. The highest BCUT2D eigenvalue weighted by molar-refractivity contribution is 5.94. The van der Waals surface area contributed by atoms with Crippen LogP contribution in [0.4, 0.5) is 0 Å². The lowest BCUT2D eigenvalue weighted by molar-refractivity contribution is -0.149. The monoisotopic (exact) mass is 459 g/mol. The molecule has 0 radical (unpaired) electrons. The SMILES string of the molecule is NCCCCC(NC(=O)C(CO)NC(=O)C(N)CCC(=O)O)C(=O)N1CCCC1C(=O)O. The maximum atomic E-state index is 13.0. The smallest absolute Gasteiger partial charge is 0.326 e. The van der Waals surface area contributed by atoms with E-state index in [1.165, 1.54) is 4.90 Å². The molecule has 13 heteroatoms. The molecule has 1 rings (SSSR count). The molecule has 182 valence electrons. The maximum Gasteiger partial charge on any atom is 0.326 e. The van der Waals surface area contributed by atoms with Gasteiger partial charge in [0, 0.05) is 13.0 Å². The van der Waals surface area contributed by atoms with Gasteiger partial charge in [-0.2, -0.15) is 0 Å². The Morgan fingerprint density at radius 1 is 1.00 bits per heavy atom. The van der Waals surface area contributed by atoms with E-state index in [0.717, 1.165) is 0 Å². The topological polar surface area (TPSA) is 225 Å². The molecule has 1 fully saturated rings. The Kier molecular flexibility index (Phi) is 11.6. The zero-order chi connectivity index (χ0) is 24.3. The minimum Gasteiger partial charge on any atom is -0.481 e. The van der Waals surface area contributed by atoms with Crippen molar-refractivity contribution in [3.8, 4) is 0 Å². The van der Waals surface area contributed by atoms with Gasteiger partial charge in [-0.05, 0) is 45.1 Å². The molecule has 0 aliphatic carbocycles. The van der Waals surface area contributed by atoms with Crippen LogP contribution in [0, 0.1) is 0 Å². The molecule has 0 saturated carbocycles. The fraction of sp³-hybridized carbons (Fsp3) is 0.737. The predicted octanol–water partition coefficient (Wildman–Crippen LogP) is -2.65. The van der Waals surface area contributed by atoms with E-state index < -0.39 is 60.4 Å². The number of aliphatic carboxylic acids is 2. The first kappa shape index (κ1) is 27.3. The second kappa shape index (κ2) is 13.6. The summed E-state index contributed by atoms with van der Waals surface area (Å²) >= 11 is 0. The molecular weight excluding hydrogens is 426 g/mol. The van der Waals surface area contributed by atoms with Crippen LogP contribution in [0.5, 0.6) is 0 Å². The van der Waals surface area contributed by atoms with E-state index in [9.17, 15) is 34.2 Å². The summed E-state index contributed by atoms with van der Waals surface area (Å²) < 4.78 is 0. The number of carbonyl (C=O) groups excluding carboxylic acids is 3. The summed E-state index contributed by atoms with van der Waals surface area (Å²) in [4.78, 5) is 61.0. The van der Waals surface area contributed by atoms with Crippen molar-refractivity contribution in [2.24, 2.45) is 11.5 Å². The molecule has 13 nitrogen and oxygen atoms in total. The fourth-order valence-corrected chi connectivity index (χ4v) is 3.39. The van der Waals surface area contributed by atoms with E-state index in [1.54, 1.807) is 0 Å². The molecule has 0 aromatic heterocycles. The Bertz CT molecular complexity index is 689. The zero-order valence-electron chi connectivity index (χ0n) is 17.9. The summed E-state index contributed by atoms with van der Waals surface area (Å²) in [6.07, 6.45) is 1.61. The van der Waals surface area contributed by atoms with Crippen molar-refractivity contribution in [2.75, 3.05) is 19.7 Å². The number of aliphatic hydroxyl groups is 1. The van der Waals surface area contributed by atoms with Crippen LogP contribution >= 0.6 is 0 Å². The third kappa shape index (κ3) is 8.40.